The van der Waals surface area contributed by atoms with E-state index in [1.54, 1.807) is 0 Å². The Kier molecular flexibility index (Phi) is 7.42. The second kappa shape index (κ2) is 9.88. The summed E-state index contributed by atoms with van der Waals surface area (Å²) in [5, 5.41) is 0. The smallest absolute Gasteiger partial charge is 0.313 e. The molecule has 2 aromatic rings. The number of nitrogens with two attached hydrogens (primary N) is 2. The van der Waals surface area contributed by atoms with Gasteiger partial charge in [-0.25, -0.2) is 0 Å². The zero-order valence-electron chi connectivity index (χ0n) is 19.7. The monoisotopic (exact) mass is 436 g/mol. The fourth-order valence-corrected chi connectivity index (χ4v) is 3.82. The zero-order chi connectivity index (χ0) is 23.4. The topological polar surface area (TPSA) is 87.6 Å². The predicted molar refractivity (Wildman–Crippen MR) is 130 cm³/mol. The van der Waals surface area contributed by atoms with Crippen molar-refractivity contribution in [3.8, 4) is 5.75 Å². The fraction of sp³-hybridized carbons (Fsp3) is 0.444. The second-order valence-electron chi connectivity index (χ2n) is 9.93. The van der Waals surface area contributed by atoms with Crippen LogP contribution in [0, 0.1) is 5.41 Å². The van der Waals surface area contributed by atoms with Crippen LogP contribution in [0.1, 0.15) is 57.2 Å². The molecule has 0 radical (unpaired) electrons. The van der Waals surface area contributed by atoms with Gasteiger partial charge in [-0.15, -0.1) is 0 Å². The van der Waals surface area contributed by atoms with Crippen LogP contribution in [0.3, 0.4) is 0 Å². The van der Waals surface area contributed by atoms with Crippen molar-refractivity contribution in [2.24, 2.45) is 16.9 Å². The summed E-state index contributed by atoms with van der Waals surface area (Å²) >= 11 is 0. The number of hydrogen-bond donors (Lipinski definition) is 2. The average molecular weight is 437 g/mol. The van der Waals surface area contributed by atoms with Gasteiger partial charge in [-0.1, -0.05) is 42.5 Å². The van der Waals surface area contributed by atoms with E-state index >= 15 is 0 Å². The van der Waals surface area contributed by atoms with Crippen molar-refractivity contribution in [2.75, 3.05) is 13.2 Å². The molecule has 1 unspecified atom stereocenters. The molecular formula is C27H36N2O3. The van der Waals surface area contributed by atoms with E-state index < -0.39 is 11.0 Å². The lowest BCUT2D eigenvalue weighted by atomic mass is 9.79. The first-order chi connectivity index (χ1) is 15.1. The van der Waals surface area contributed by atoms with Gasteiger partial charge in [-0.2, -0.15) is 0 Å². The number of ether oxygens (including phenoxy) is 2. The minimum absolute atomic E-state index is 0.297. The first-order valence-electron chi connectivity index (χ1n) is 11.3. The number of hydrogen-bond acceptors (Lipinski definition) is 5. The van der Waals surface area contributed by atoms with Crippen LogP contribution >= 0.6 is 0 Å². The highest BCUT2D eigenvalue weighted by molar-refractivity contribution is 5.88. The molecule has 3 rings (SSSR count). The Balaban J connectivity index is 1.43. The van der Waals surface area contributed by atoms with Crippen LogP contribution < -0.4 is 16.2 Å². The Labute approximate surface area is 191 Å². The lowest BCUT2D eigenvalue weighted by Crippen LogP contribution is -2.50. The lowest BCUT2D eigenvalue weighted by Gasteiger charge is -2.33. The maximum absolute atomic E-state index is 12.5. The van der Waals surface area contributed by atoms with Crippen LogP contribution in [0.5, 0.6) is 5.75 Å². The first-order valence-corrected chi connectivity index (χ1v) is 11.3. The van der Waals surface area contributed by atoms with E-state index in [1.807, 2.05) is 39.8 Å². The van der Waals surface area contributed by atoms with Gasteiger partial charge in [0.2, 0.25) is 0 Å². The average Bonchev–Trinajstić information content (AvgIpc) is 3.16. The summed E-state index contributed by atoms with van der Waals surface area (Å²) in [4.78, 5) is 12.5. The van der Waals surface area contributed by atoms with Crippen molar-refractivity contribution < 1.29 is 14.3 Å². The van der Waals surface area contributed by atoms with E-state index in [2.05, 4.69) is 42.5 Å². The number of carbonyl (C=O) groups is 1. The SMILES string of the molecule is CC(C)(N)CC(N)C(C)(C)C(=O)OCCCOc1ccc2c(c1)CC(c1ccccc1)=C2. The van der Waals surface area contributed by atoms with Crippen molar-refractivity contribution in [1.29, 1.82) is 0 Å². The van der Waals surface area contributed by atoms with E-state index in [0.717, 1.165) is 12.2 Å². The van der Waals surface area contributed by atoms with E-state index in [1.165, 1.54) is 22.3 Å². The highest BCUT2D eigenvalue weighted by atomic mass is 16.5. The summed E-state index contributed by atoms with van der Waals surface area (Å²) in [5.41, 5.74) is 16.1. The summed E-state index contributed by atoms with van der Waals surface area (Å²) in [5.74, 6) is 0.539. The van der Waals surface area contributed by atoms with E-state index in [4.69, 9.17) is 20.9 Å². The van der Waals surface area contributed by atoms with Gasteiger partial charge in [0.15, 0.2) is 0 Å². The Bertz CT molecular complexity index is 959. The molecule has 1 atom stereocenters. The first kappa shape index (κ1) is 24.0. The Morgan fingerprint density at radius 3 is 2.47 bits per heavy atom. The number of allylic oxidation sites excluding steroid dienone is 1. The molecule has 0 aliphatic heterocycles. The van der Waals surface area contributed by atoms with Gasteiger partial charge in [0.05, 0.1) is 18.6 Å². The van der Waals surface area contributed by atoms with Gasteiger partial charge in [-0.3, -0.25) is 4.79 Å². The Hall–Kier alpha value is -2.63. The number of benzene rings is 2. The van der Waals surface area contributed by atoms with Crippen LogP contribution in [0.2, 0.25) is 0 Å². The minimum Gasteiger partial charge on any atom is -0.493 e. The molecule has 172 valence electrons. The maximum atomic E-state index is 12.5. The number of rotatable bonds is 10. The quantitative estimate of drug-likeness (QED) is 0.421. The van der Waals surface area contributed by atoms with E-state index in [-0.39, 0.29) is 12.0 Å². The number of carbonyl (C=O) groups excluding carboxylic acids is 1. The summed E-state index contributed by atoms with van der Waals surface area (Å²) < 4.78 is 11.4. The lowest BCUT2D eigenvalue weighted by molar-refractivity contribution is -0.155. The molecule has 5 nitrogen and oxygen atoms in total. The van der Waals surface area contributed by atoms with Crippen molar-refractivity contribution >= 4 is 17.6 Å². The third-order valence-electron chi connectivity index (χ3n) is 5.96. The normalized spacial score (nSPS) is 14.5. The van der Waals surface area contributed by atoms with Gasteiger partial charge < -0.3 is 20.9 Å². The highest BCUT2D eigenvalue weighted by Gasteiger charge is 2.38. The molecule has 0 amide bonds. The van der Waals surface area contributed by atoms with Crippen molar-refractivity contribution in [3.63, 3.8) is 0 Å². The van der Waals surface area contributed by atoms with Crippen LogP contribution in [-0.2, 0) is 16.0 Å². The largest absolute Gasteiger partial charge is 0.493 e. The second-order valence-corrected chi connectivity index (χ2v) is 9.93. The zero-order valence-corrected chi connectivity index (χ0v) is 19.7. The van der Waals surface area contributed by atoms with Crippen LogP contribution in [0.4, 0.5) is 0 Å². The molecule has 1 aliphatic carbocycles. The third kappa shape index (κ3) is 6.21. The molecular weight excluding hydrogens is 400 g/mol. The molecule has 0 bridgehead atoms. The molecule has 0 spiro atoms. The third-order valence-corrected chi connectivity index (χ3v) is 5.96. The van der Waals surface area contributed by atoms with Gasteiger partial charge in [0, 0.05) is 18.0 Å². The van der Waals surface area contributed by atoms with Crippen LogP contribution in [0.25, 0.3) is 11.6 Å². The summed E-state index contributed by atoms with van der Waals surface area (Å²) in [6.45, 7) is 8.21. The van der Waals surface area contributed by atoms with Gasteiger partial charge >= 0.3 is 5.97 Å². The molecule has 0 saturated heterocycles. The molecule has 2 aromatic carbocycles. The summed E-state index contributed by atoms with van der Waals surface area (Å²) in [6, 6.07) is 16.3. The molecule has 0 heterocycles. The molecule has 0 aromatic heterocycles. The van der Waals surface area contributed by atoms with Crippen molar-refractivity contribution in [3.05, 3.63) is 65.2 Å². The maximum Gasteiger partial charge on any atom is 0.313 e. The molecule has 5 heteroatoms. The Morgan fingerprint density at radius 1 is 1.06 bits per heavy atom. The summed E-state index contributed by atoms with van der Waals surface area (Å²) in [6.07, 6.45) is 4.30. The minimum atomic E-state index is -0.791. The van der Waals surface area contributed by atoms with Crippen LogP contribution in [0.15, 0.2) is 48.5 Å². The summed E-state index contributed by atoms with van der Waals surface area (Å²) in [7, 11) is 0. The van der Waals surface area contributed by atoms with E-state index in [9.17, 15) is 4.79 Å². The number of esters is 1. The standard InChI is InChI=1S/C27H36N2O3/c1-26(2,29)18-24(28)27(3,4)25(30)32-14-8-13-31-23-12-11-20-15-21(16-22(20)17-23)19-9-6-5-7-10-19/h5-7,9-12,15,17,24H,8,13-14,16,18,28-29H2,1-4H3. The fourth-order valence-electron chi connectivity index (χ4n) is 3.82. The molecule has 0 fully saturated rings. The van der Waals surface area contributed by atoms with Crippen LogP contribution in [-0.4, -0.2) is 30.8 Å². The Morgan fingerprint density at radius 2 is 1.78 bits per heavy atom. The highest BCUT2D eigenvalue weighted by Crippen LogP contribution is 2.33. The molecule has 0 saturated carbocycles. The molecule has 4 N–H and O–H groups in total. The predicted octanol–water partition coefficient (Wildman–Crippen LogP) is 4.58. The van der Waals surface area contributed by atoms with Crippen molar-refractivity contribution in [1.82, 2.24) is 0 Å². The van der Waals surface area contributed by atoms with Gasteiger partial charge in [0.25, 0.3) is 0 Å². The van der Waals surface area contributed by atoms with E-state index in [0.29, 0.717) is 26.1 Å². The van der Waals surface area contributed by atoms with Crippen molar-refractivity contribution in [2.45, 2.75) is 58.5 Å². The van der Waals surface area contributed by atoms with Gasteiger partial charge in [-0.05, 0) is 74.9 Å². The molecule has 32 heavy (non-hydrogen) atoms. The molecule has 1 aliphatic rings. The number of fused-ring (bicyclic) bond motifs is 1. The van der Waals surface area contributed by atoms with Gasteiger partial charge in [0.1, 0.15) is 5.75 Å².